The summed E-state index contributed by atoms with van der Waals surface area (Å²) in [5.41, 5.74) is 1.19. The van der Waals surface area contributed by atoms with Crippen LogP contribution in [0.1, 0.15) is 32.3 Å². The number of carbonyl (C=O) groups is 2. The van der Waals surface area contributed by atoms with Crippen LogP contribution in [-0.2, 0) is 20.7 Å². The van der Waals surface area contributed by atoms with Crippen molar-refractivity contribution < 1.29 is 14.3 Å². The lowest BCUT2D eigenvalue weighted by atomic mass is 10.0. The number of carbonyl (C=O) groups excluding carboxylic acids is 2. The van der Waals surface area contributed by atoms with Gasteiger partial charge in [-0.3, -0.25) is 9.59 Å². The molecule has 0 fully saturated rings. The summed E-state index contributed by atoms with van der Waals surface area (Å²) in [6.07, 6.45) is 4.01. The Morgan fingerprint density at radius 3 is 2.50 bits per heavy atom. The Morgan fingerprint density at radius 1 is 1.27 bits per heavy atom. The summed E-state index contributed by atoms with van der Waals surface area (Å²) in [7, 11) is 0. The van der Waals surface area contributed by atoms with Gasteiger partial charge in [-0.05, 0) is 24.8 Å². The first-order valence-electron chi connectivity index (χ1n) is 7.60. The maximum Gasteiger partial charge on any atom is 0.302 e. The molecule has 0 N–H and O–H groups in total. The number of benzene rings is 1. The lowest BCUT2D eigenvalue weighted by Crippen LogP contribution is -2.41. The number of hydrogen-bond donors (Lipinski definition) is 0. The summed E-state index contributed by atoms with van der Waals surface area (Å²) in [4.78, 5) is 24.6. The molecule has 0 bridgehead atoms. The van der Waals surface area contributed by atoms with E-state index in [0.717, 1.165) is 12.8 Å². The molecule has 1 aromatic carbocycles. The number of amides is 1. The standard InChI is InChI=1S/C18H25NO3/c1-4-9-18(14-17-10-6-5-7-11-17)19(15(2)20)12-8-13-22-16(3)21/h4-7,10-11,18H,1,8-9,12-14H2,2-3H3/t18-/m0/s1. The first kappa shape index (κ1) is 18.0. The smallest absolute Gasteiger partial charge is 0.302 e. The molecule has 1 atom stereocenters. The molecule has 22 heavy (non-hydrogen) atoms. The average molecular weight is 303 g/mol. The Hall–Kier alpha value is -2.10. The van der Waals surface area contributed by atoms with Gasteiger partial charge in [-0.2, -0.15) is 0 Å². The van der Waals surface area contributed by atoms with Crippen LogP contribution < -0.4 is 0 Å². The van der Waals surface area contributed by atoms with Gasteiger partial charge in [-0.25, -0.2) is 0 Å². The van der Waals surface area contributed by atoms with Gasteiger partial charge in [0.15, 0.2) is 0 Å². The van der Waals surface area contributed by atoms with Crippen LogP contribution in [0.3, 0.4) is 0 Å². The molecule has 0 radical (unpaired) electrons. The van der Waals surface area contributed by atoms with Crippen molar-refractivity contribution in [2.24, 2.45) is 0 Å². The number of esters is 1. The fourth-order valence-corrected chi connectivity index (χ4v) is 2.45. The predicted molar refractivity (Wildman–Crippen MR) is 87.4 cm³/mol. The largest absolute Gasteiger partial charge is 0.466 e. The second kappa shape index (κ2) is 9.77. The van der Waals surface area contributed by atoms with Gasteiger partial charge in [0, 0.05) is 26.4 Å². The van der Waals surface area contributed by atoms with Gasteiger partial charge in [0.05, 0.1) is 6.61 Å². The molecule has 120 valence electrons. The summed E-state index contributed by atoms with van der Waals surface area (Å²) in [6, 6.07) is 10.2. The summed E-state index contributed by atoms with van der Waals surface area (Å²) in [5.74, 6) is -0.257. The fraction of sp³-hybridized carbons (Fsp3) is 0.444. The van der Waals surface area contributed by atoms with E-state index in [1.165, 1.54) is 12.5 Å². The van der Waals surface area contributed by atoms with Crippen LogP contribution in [0.5, 0.6) is 0 Å². The van der Waals surface area contributed by atoms with Gasteiger partial charge in [0.2, 0.25) is 5.91 Å². The number of rotatable bonds is 9. The number of hydrogen-bond acceptors (Lipinski definition) is 3. The average Bonchev–Trinajstić information content (AvgIpc) is 2.47. The highest BCUT2D eigenvalue weighted by atomic mass is 16.5. The van der Waals surface area contributed by atoms with Crippen LogP contribution in [0, 0.1) is 0 Å². The topological polar surface area (TPSA) is 46.6 Å². The van der Waals surface area contributed by atoms with Gasteiger partial charge < -0.3 is 9.64 Å². The quantitative estimate of drug-likeness (QED) is 0.400. The van der Waals surface area contributed by atoms with Crippen molar-refractivity contribution in [3.8, 4) is 0 Å². The Balaban J connectivity index is 2.67. The molecule has 1 amide bonds. The molecule has 0 aromatic heterocycles. The minimum Gasteiger partial charge on any atom is -0.466 e. The zero-order chi connectivity index (χ0) is 16.4. The maximum atomic E-state index is 12.0. The SMILES string of the molecule is C=CC[C@@H](Cc1ccccc1)N(CCCOC(C)=O)C(C)=O. The molecule has 1 aromatic rings. The van der Waals surface area contributed by atoms with Crippen LogP contribution in [-0.4, -0.2) is 36.0 Å². The van der Waals surface area contributed by atoms with Crippen LogP contribution in [0.25, 0.3) is 0 Å². The molecule has 0 saturated heterocycles. The highest BCUT2D eigenvalue weighted by Crippen LogP contribution is 2.14. The third-order valence-corrected chi connectivity index (χ3v) is 3.45. The van der Waals surface area contributed by atoms with Crippen molar-refractivity contribution in [2.45, 2.75) is 39.2 Å². The lowest BCUT2D eigenvalue weighted by molar-refractivity contribution is -0.141. The molecular weight excluding hydrogens is 278 g/mol. The molecular formula is C18H25NO3. The van der Waals surface area contributed by atoms with Gasteiger partial charge in [-0.15, -0.1) is 6.58 Å². The minimum absolute atomic E-state index is 0.0330. The molecule has 0 aliphatic rings. The van der Waals surface area contributed by atoms with Crippen LogP contribution in [0.2, 0.25) is 0 Å². The maximum absolute atomic E-state index is 12.0. The normalized spacial score (nSPS) is 11.5. The Kier molecular flexibility index (Phi) is 7.97. The van der Waals surface area contributed by atoms with Crippen molar-refractivity contribution in [3.63, 3.8) is 0 Å². The van der Waals surface area contributed by atoms with E-state index in [4.69, 9.17) is 4.74 Å². The Morgan fingerprint density at radius 2 is 1.95 bits per heavy atom. The molecule has 0 aliphatic heterocycles. The van der Waals surface area contributed by atoms with E-state index in [1.807, 2.05) is 29.2 Å². The van der Waals surface area contributed by atoms with Crippen molar-refractivity contribution >= 4 is 11.9 Å². The third kappa shape index (κ3) is 6.57. The predicted octanol–water partition coefficient (Wildman–Crippen LogP) is 2.98. The summed E-state index contributed by atoms with van der Waals surface area (Å²) >= 11 is 0. The molecule has 0 spiro atoms. The second-order valence-electron chi connectivity index (χ2n) is 5.27. The Bertz CT molecular complexity index is 484. The zero-order valence-corrected chi connectivity index (χ0v) is 13.5. The molecule has 4 heteroatoms. The monoisotopic (exact) mass is 303 g/mol. The van der Waals surface area contributed by atoms with Gasteiger partial charge in [0.1, 0.15) is 0 Å². The molecule has 4 nitrogen and oxygen atoms in total. The highest BCUT2D eigenvalue weighted by molar-refractivity contribution is 5.73. The van der Waals surface area contributed by atoms with Crippen molar-refractivity contribution in [1.29, 1.82) is 0 Å². The molecule has 0 aliphatic carbocycles. The van der Waals surface area contributed by atoms with E-state index in [2.05, 4.69) is 18.7 Å². The van der Waals surface area contributed by atoms with Crippen molar-refractivity contribution in [3.05, 3.63) is 48.6 Å². The molecule has 0 unspecified atom stereocenters. The molecule has 0 saturated carbocycles. The van der Waals surface area contributed by atoms with Gasteiger partial charge in [-0.1, -0.05) is 36.4 Å². The lowest BCUT2D eigenvalue weighted by Gasteiger charge is -2.30. The van der Waals surface area contributed by atoms with E-state index in [-0.39, 0.29) is 17.9 Å². The van der Waals surface area contributed by atoms with Crippen LogP contribution in [0.4, 0.5) is 0 Å². The van der Waals surface area contributed by atoms with Gasteiger partial charge in [0.25, 0.3) is 0 Å². The van der Waals surface area contributed by atoms with E-state index in [1.54, 1.807) is 6.92 Å². The third-order valence-electron chi connectivity index (χ3n) is 3.45. The summed E-state index contributed by atoms with van der Waals surface area (Å²) in [5, 5.41) is 0. The van der Waals surface area contributed by atoms with Crippen molar-refractivity contribution in [2.75, 3.05) is 13.2 Å². The van der Waals surface area contributed by atoms with Gasteiger partial charge >= 0.3 is 5.97 Å². The number of ether oxygens (including phenoxy) is 1. The second-order valence-corrected chi connectivity index (χ2v) is 5.27. The molecule has 0 heterocycles. The first-order valence-corrected chi connectivity index (χ1v) is 7.60. The van der Waals surface area contributed by atoms with E-state index in [9.17, 15) is 9.59 Å². The van der Waals surface area contributed by atoms with E-state index in [0.29, 0.717) is 19.6 Å². The summed E-state index contributed by atoms with van der Waals surface area (Å²) in [6.45, 7) is 7.68. The highest BCUT2D eigenvalue weighted by Gasteiger charge is 2.20. The number of nitrogens with zero attached hydrogens (tertiary/aromatic N) is 1. The van der Waals surface area contributed by atoms with Crippen molar-refractivity contribution in [1.82, 2.24) is 4.90 Å². The summed E-state index contributed by atoms with van der Waals surface area (Å²) < 4.78 is 4.93. The van der Waals surface area contributed by atoms with E-state index < -0.39 is 0 Å². The minimum atomic E-state index is -0.290. The zero-order valence-electron chi connectivity index (χ0n) is 13.5. The Labute approximate surface area is 132 Å². The van der Waals surface area contributed by atoms with E-state index >= 15 is 0 Å². The fourth-order valence-electron chi connectivity index (χ4n) is 2.45. The van der Waals surface area contributed by atoms with Crippen LogP contribution >= 0.6 is 0 Å². The first-order chi connectivity index (χ1) is 10.5. The molecule has 1 rings (SSSR count). The van der Waals surface area contributed by atoms with Crippen LogP contribution in [0.15, 0.2) is 43.0 Å².